The van der Waals surface area contributed by atoms with Gasteiger partial charge in [-0.3, -0.25) is 9.59 Å². The van der Waals surface area contributed by atoms with Gasteiger partial charge in [0.25, 0.3) is 5.91 Å². The van der Waals surface area contributed by atoms with Crippen LogP contribution in [0.5, 0.6) is 5.75 Å². The fourth-order valence-electron chi connectivity index (χ4n) is 3.60. The minimum Gasteiger partial charge on any atom is -0.482 e. The number of rotatable bonds is 4. The summed E-state index contributed by atoms with van der Waals surface area (Å²) in [4.78, 5) is 22.8. The summed E-state index contributed by atoms with van der Waals surface area (Å²) in [5, 5.41) is 0.623. The van der Waals surface area contributed by atoms with Crippen LogP contribution >= 0.6 is 23.2 Å². The van der Waals surface area contributed by atoms with Crippen LogP contribution in [-0.2, 0) is 16.0 Å². The molecule has 0 spiro atoms. The zero-order chi connectivity index (χ0) is 16.8. The third kappa shape index (κ3) is 2.64. The Balaban J connectivity index is 2.11. The summed E-state index contributed by atoms with van der Waals surface area (Å²) in [5.41, 5.74) is 7.88. The van der Waals surface area contributed by atoms with E-state index in [1.807, 2.05) is 6.07 Å². The van der Waals surface area contributed by atoms with Gasteiger partial charge in [0.05, 0.1) is 5.02 Å². The lowest BCUT2D eigenvalue weighted by Gasteiger charge is -2.32. The number of allylic oxidation sites excluding steroid dienone is 2. The molecule has 0 saturated heterocycles. The minimum absolute atomic E-state index is 0.0640. The van der Waals surface area contributed by atoms with Crippen LogP contribution in [0.1, 0.15) is 37.3 Å². The minimum atomic E-state index is -0.579. The van der Waals surface area contributed by atoms with E-state index in [0.29, 0.717) is 17.2 Å². The number of hydrogen-bond acceptors (Lipinski definition) is 3. The van der Waals surface area contributed by atoms with Crippen LogP contribution in [0.2, 0.25) is 10.0 Å². The van der Waals surface area contributed by atoms with E-state index in [0.717, 1.165) is 36.0 Å². The van der Waals surface area contributed by atoms with Gasteiger partial charge in [-0.1, -0.05) is 30.1 Å². The molecule has 6 heteroatoms. The first-order chi connectivity index (χ1) is 10.9. The van der Waals surface area contributed by atoms with Crippen LogP contribution in [-0.4, -0.2) is 18.3 Å². The molecule has 0 fully saturated rings. The molecule has 2 N–H and O–H groups in total. The molecule has 2 aliphatic carbocycles. The molecule has 2 aliphatic rings. The van der Waals surface area contributed by atoms with Crippen LogP contribution in [0.15, 0.2) is 12.1 Å². The van der Waals surface area contributed by atoms with E-state index in [1.165, 1.54) is 0 Å². The molecule has 23 heavy (non-hydrogen) atoms. The number of nitrogens with two attached hydrogens (primary N) is 1. The quantitative estimate of drug-likeness (QED) is 0.899. The van der Waals surface area contributed by atoms with Crippen LogP contribution in [0, 0.1) is 5.41 Å². The summed E-state index contributed by atoms with van der Waals surface area (Å²) in [6, 6.07) is 1.81. The Kier molecular flexibility index (Phi) is 4.15. The van der Waals surface area contributed by atoms with Crippen molar-refractivity contribution in [3.8, 4) is 5.75 Å². The number of benzene rings is 1. The second-order valence-electron chi connectivity index (χ2n) is 6.13. The maximum atomic E-state index is 11.9. The summed E-state index contributed by atoms with van der Waals surface area (Å²) in [6.07, 6.45) is 4.80. The fourth-order valence-corrected chi connectivity index (χ4v) is 4.12. The third-order valence-corrected chi connectivity index (χ3v) is 5.68. The number of carbonyl (C=O) groups excluding carboxylic acids is 2. The SMILES string of the molecule is CCC12CCC(=O)C=C1c1c(cc(OCC(N)=O)c(Cl)c1Cl)C2. The van der Waals surface area contributed by atoms with E-state index in [4.69, 9.17) is 33.7 Å². The maximum absolute atomic E-state index is 11.9. The van der Waals surface area contributed by atoms with E-state index < -0.39 is 5.91 Å². The molecule has 122 valence electrons. The van der Waals surface area contributed by atoms with E-state index in [9.17, 15) is 9.59 Å². The largest absolute Gasteiger partial charge is 0.482 e. The van der Waals surface area contributed by atoms with Crippen molar-refractivity contribution in [3.63, 3.8) is 0 Å². The van der Waals surface area contributed by atoms with Gasteiger partial charge in [-0.15, -0.1) is 0 Å². The van der Waals surface area contributed by atoms with Gasteiger partial charge in [0, 0.05) is 17.4 Å². The van der Waals surface area contributed by atoms with Crippen LogP contribution in [0.4, 0.5) is 0 Å². The Hall–Kier alpha value is -1.52. The summed E-state index contributed by atoms with van der Waals surface area (Å²) in [7, 11) is 0. The van der Waals surface area contributed by atoms with Gasteiger partial charge in [0.2, 0.25) is 0 Å². The van der Waals surface area contributed by atoms with E-state index in [2.05, 4.69) is 6.92 Å². The van der Waals surface area contributed by atoms with Gasteiger partial charge in [0.15, 0.2) is 12.4 Å². The molecule has 0 aromatic heterocycles. The van der Waals surface area contributed by atoms with Gasteiger partial charge in [-0.25, -0.2) is 0 Å². The maximum Gasteiger partial charge on any atom is 0.255 e. The number of halogens is 2. The second-order valence-corrected chi connectivity index (χ2v) is 6.88. The highest BCUT2D eigenvalue weighted by Crippen LogP contribution is 2.57. The Labute approximate surface area is 144 Å². The molecule has 1 aromatic carbocycles. The lowest BCUT2D eigenvalue weighted by Crippen LogP contribution is -2.24. The molecular weight excluding hydrogens is 337 g/mol. The predicted octanol–water partition coefficient (Wildman–Crippen LogP) is 3.56. The molecule has 0 aliphatic heterocycles. The molecule has 4 nitrogen and oxygen atoms in total. The Morgan fingerprint density at radius 3 is 2.78 bits per heavy atom. The van der Waals surface area contributed by atoms with Crippen molar-refractivity contribution in [2.45, 2.75) is 32.6 Å². The molecule has 1 amide bonds. The summed E-state index contributed by atoms with van der Waals surface area (Å²) < 4.78 is 5.37. The normalized spacial score (nSPS) is 22.4. The van der Waals surface area contributed by atoms with Crippen molar-refractivity contribution in [2.24, 2.45) is 11.1 Å². The number of amides is 1. The van der Waals surface area contributed by atoms with Gasteiger partial charge >= 0.3 is 0 Å². The molecule has 1 unspecified atom stereocenters. The fraction of sp³-hybridized carbons (Fsp3) is 0.412. The summed E-state index contributed by atoms with van der Waals surface area (Å²) >= 11 is 12.8. The highest BCUT2D eigenvalue weighted by atomic mass is 35.5. The monoisotopic (exact) mass is 353 g/mol. The van der Waals surface area contributed by atoms with E-state index in [-0.39, 0.29) is 22.8 Å². The van der Waals surface area contributed by atoms with Crippen molar-refractivity contribution >= 4 is 40.5 Å². The molecule has 1 aromatic rings. The average Bonchev–Trinajstić information content (AvgIpc) is 2.83. The van der Waals surface area contributed by atoms with Crippen molar-refractivity contribution < 1.29 is 14.3 Å². The number of fused-ring (bicyclic) bond motifs is 3. The highest BCUT2D eigenvalue weighted by Gasteiger charge is 2.44. The third-order valence-electron chi connectivity index (χ3n) is 4.83. The Morgan fingerprint density at radius 1 is 1.39 bits per heavy atom. The molecular formula is C17H17Cl2NO3. The first kappa shape index (κ1) is 16.3. The van der Waals surface area contributed by atoms with Crippen molar-refractivity contribution in [3.05, 3.63) is 33.3 Å². The summed E-state index contributed by atoms with van der Waals surface area (Å²) in [5.74, 6) is -0.103. The van der Waals surface area contributed by atoms with Crippen molar-refractivity contribution in [2.75, 3.05) is 6.61 Å². The lowest BCUT2D eigenvalue weighted by molar-refractivity contribution is -0.120. The van der Waals surface area contributed by atoms with Crippen LogP contribution in [0.3, 0.4) is 0 Å². The van der Waals surface area contributed by atoms with Crippen LogP contribution in [0.25, 0.3) is 5.57 Å². The standard InChI is InChI=1S/C17H17Cl2NO3/c1-2-17-4-3-10(21)6-11(17)14-9(7-17)5-12(15(18)16(14)19)23-8-13(20)22/h5-6H,2-4,7-8H2,1H3,(H2,20,22). The highest BCUT2D eigenvalue weighted by molar-refractivity contribution is 6.44. The molecule has 0 saturated carbocycles. The molecule has 0 bridgehead atoms. The van der Waals surface area contributed by atoms with E-state index in [1.54, 1.807) is 6.08 Å². The van der Waals surface area contributed by atoms with E-state index >= 15 is 0 Å². The first-order valence-electron chi connectivity index (χ1n) is 7.55. The van der Waals surface area contributed by atoms with Gasteiger partial charge in [0.1, 0.15) is 10.8 Å². The number of primary amides is 1. The second kappa shape index (κ2) is 5.84. The predicted molar refractivity (Wildman–Crippen MR) is 89.8 cm³/mol. The Morgan fingerprint density at radius 2 is 2.13 bits per heavy atom. The van der Waals surface area contributed by atoms with Gasteiger partial charge in [-0.2, -0.15) is 0 Å². The zero-order valence-electron chi connectivity index (χ0n) is 12.7. The lowest BCUT2D eigenvalue weighted by atomic mass is 9.71. The number of carbonyl (C=O) groups is 2. The first-order valence-corrected chi connectivity index (χ1v) is 8.31. The molecule has 1 atom stereocenters. The van der Waals surface area contributed by atoms with Crippen LogP contribution < -0.4 is 10.5 Å². The summed E-state index contributed by atoms with van der Waals surface area (Å²) in [6.45, 7) is 1.87. The molecule has 0 heterocycles. The number of ether oxygens (including phenoxy) is 1. The van der Waals surface area contributed by atoms with Gasteiger partial charge < -0.3 is 10.5 Å². The average molecular weight is 354 g/mol. The van der Waals surface area contributed by atoms with Gasteiger partial charge in [-0.05, 0) is 42.5 Å². The molecule has 0 radical (unpaired) electrons. The smallest absolute Gasteiger partial charge is 0.255 e. The molecule has 3 rings (SSSR count). The zero-order valence-corrected chi connectivity index (χ0v) is 14.3. The number of hydrogen-bond donors (Lipinski definition) is 1. The topological polar surface area (TPSA) is 69.4 Å². The Bertz CT molecular complexity index is 742. The number of ketones is 1. The van der Waals surface area contributed by atoms with Crippen molar-refractivity contribution in [1.82, 2.24) is 0 Å². The van der Waals surface area contributed by atoms with Crippen molar-refractivity contribution in [1.29, 1.82) is 0 Å².